The molecule has 1 saturated heterocycles. The van der Waals surface area contributed by atoms with E-state index in [2.05, 4.69) is 53.7 Å². The van der Waals surface area contributed by atoms with Gasteiger partial charge in [-0.3, -0.25) is 0 Å². The monoisotopic (exact) mass is 319 g/mol. The maximum Gasteiger partial charge on any atom is 0.191 e. The van der Waals surface area contributed by atoms with Crippen LogP contribution >= 0.6 is 0 Å². The lowest BCUT2D eigenvalue weighted by atomic mass is 10.1. The molecule has 0 aliphatic carbocycles. The highest BCUT2D eigenvalue weighted by Gasteiger charge is 2.14. The van der Waals surface area contributed by atoms with Crippen LogP contribution in [0.3, 0.4) is 0 Å². The standard InChI is InChI=1S/C18H29N3O2/c1-3-19-18(21-13-16-7-4-6-15(2)12-16)20-9-11-22-14-17-8-5-10-23-17/h4,6-7,12,17H,3,5,8-11,13-14H2,1-2H3,(H2,19,20,21). The van der Waals surface area contributed by atoms with Crippen LogP contribution in [0, 0.1) is 6.92 Å². The molecule has 1 aromatic rings. The van der Waals surface area contributed by atoms with E-state index in [-0.39, 0.29) is 0 Å². The number of hydrogen-bond donors (Lipinski definition) is 2. The number of nitrogens with one attached hydrogen (secondary N) is 2. The smallest absolute Gasteiger partial charge is 0.191 e. The Morgan fingerprint density at radius 2 is 2.30 bits per heavy atom. The van der Waals surface area contributed by atoms with E-state index in [9.17, 15) is 0 Å². The zero-order valence-electron chi connectivity index (χ0n) is 14.3. The van der Waals surface area contributed by atoms with Gasteiger partial charge in [0.05, 0.1) is 25.9 Å². The Labute approximate surface area is 139 Å². The van der Waals surface area contributed by atoms with Gasteiger partial charge in [-0.15, -0.1) is 0 Å². The van der Waals surface area contributed by atoms with Crippen LogP contribution in [0.5, 0.6) is 0 Å². The van der Waals surface area contributed by atoms with Gasteiger partial charge in [0.25, 0.3) is 0 Å². The zero-order valence-corrected chi connectivity index (χ0v) is 14.3. The van der Waals surface area contributed by atoms with Crippen molar-refractivity contribution < 1.29 is 9.47 Å². The van der Waals surface area contributed by atoms with E-state index in [1.807, 2.05) is 0 Å². The van der Waals surface area contributed by atoms with E-state index in [4.69, 9.17) is 9.47 Å². The summed E-state index contributed by atoms with van der Waals surface area (Å²) in [5.74, 6) is 0.828. The maximum absolute atomic E-state index is 5.65. The Balaban J connectivity index is 1.68. The minimum Gasteiger partial charge on any atom is -0.377 e. The minimum absolute atomic E-state index is 0.290. The summed E-state index contributed by atoms with van der Waals surface area (Å²) >= 11 is 0. The molecule has 2 rings (SSSR count). The molecule has 0 radical (unpaired) electrons. The van der Waals surface area contributed by atoms with Gasteiger partial charge in [0.2, 0.25) is 0 Å². The fourth-order valence-electron chi connectivity index (χ4n) is 2.55. The average Bonchev–Trinajstić information content (AvgIpc) is 3.05. The maximum atomic E-state index is 5.65. The molecule has 1 atom stereocenters. The molecule has 1 heterocycles. The number of rotatable bonds is 8. The highest BCUT2D eigenvalue weighted by molar-refractivity contribution is 5.79. The van der Waals surface area contributed by atoms with Gasteiger partial charge in [-0.2, -0.15) is 0 Å². The van der Waals surface area contributed by atoms with Crippen LogP contribution < -0.4 is 10.6 Å². The second-order valence-electron chi connectivity index (χ2n) is 5.82. The molecule has 0 spiro atoms. The van der Waals surface area contributed by atoms with Crippen LogP contribution in [0.25, 0.3) is 0 Å². The molecule has 0 bridgehead atoms. The second kappa shape index (κ2) is 10.2. The largest absolute Gasteiger partial charge is 0.377 e. The fraction of sp³-hybridized carbons (Fsp3) is 0.611. The molecule has 23 heavy (non-hydrogen) atoms. The molecule has 5 nitrogen and oxygen atoms in total. The fourth-order valence-corrected chi connectivity index (χ4v) is 2.55. The Morgan fingerprint density at radius 1 is 1.39 bits per heavy atom. The summed E-state index contributed by atoms with van der Waals surface area (Å²) in [4.78, 5) is 4.61. The highest BCUT2D eigenvalue weighted by atomic mass is 16.5. The van der Waals surface area contributed by atoms with Crippen molar-refractivity contribution in [2.24, 2.45) is 4.99 Å². The van der Waals surface area contributed by atoms with E-state index in [1.54, 1.807) is 0 Å². The van der Waals surface area contributed by atoms with Gasteiger partial charge in [0.15, 0.2) is 5.96 Å². The van der Waals surface area contributed by atoms with Crippen LogP contribution in [-0.4, -0.2) is 45.0 Å². The van der Waals surface area contributed by atoms with Gasteiger partial charge in [-0.1, -0.05) is 29.8 Å². The molecule has 0 amide bonds. The van der Waals surface area contributed by atoms with E-state index >= 15 is 0 Å². The molecule has 5 heteroatoms. The minimum atomic E-state index is 0.290. The Hall–Kier alpha value is -1.59. The Morgan fingerprint density at radius 3 is 3.04 bits per heavy atom. The third-order valence-electron chi connectivity index (χ3n) is 3.71. The summed E-state index contributed by atoms with van der Waals surface area (Å²) in [6.07, 6.45) is 2.56. The van der Waals surface area contributed by atoms with Crippen molar-refractivity contribution in [1.29, 1.82) is 0 Å². The van der Waals surface area contributed by atoms with Crippen molar-refractivity contribution >= 4 is 5.96 Å². The van der Waals surface area contributed by atoms with Gasteiger partial charge < -0.3 is 20.1 Å². The Kier molecular flexibility index (Phi) is 7.90. The normalized spacial score (nSPS) is 18.2. The van der Waals surface area contributed by atoms with Gasteiger partial charge in [-0.25, -0.2) is 4.99 Å². The van der Waals surface area contributed by atoms with Gasteiger partial charge in [0.1, 0.15) is 0 Å². The summed E-state index contributed by atoms with van der Waals surface area (Å²) in [5, 5.41) is 6.56. The molecular weight excluding hydrogens is 290 g/mol. The van der Waals surface area contributed by atoms with E-state index in [0.29, 0.717) is 25.9 Å². The van der Waals surface area contributed by atoms with Crippen LogP contribution in [0.4, 0.5) is 0 Å². The third kappa shape index (κ3) is 7.01. The molecule has 1 fully saturated rings. The highest BCUT2D eigenvalue weighted by Crippen LogP contribution is 2.11. The van der Waals surface area contributed by atoms with Gasteiger partial charge in [0, 0.05) is 19.7 Å². The predicted molar refractivity (Wildman–Crippen MR) is 93.8 cm³/mol. The molecule has 128 valence electrons. The summed E-state index contributed by atoms with van der Waals surface area (Å²) in [6.45, 7) is 8.66. The number of guanidine groups is 1. The topological polar surface area (TPSA) is 54.9 Å². The van der Waals surface area contributed by atoms with Crippen LogP contribution in [0.1, 0.15) is 30.9 Å². The number of aliphatic imine (C=N–C) groups is 1. The molecule has 0 aromatic heterocycles. The number of benzene rings is 1. The van der Waals surface area contributed by atoms with Crippen molar-refractivity contribution in [1.82, 2.24) is 10.6 Å². The molecule has 1 aliphatic heterocycles. The van der Waals surface area contributed by atoms with E-state index < -0.39 is 0 Å². The van der Waals surface area contributed by atoms with Crippen molar-refractivity contribution in [3.63, 3.8) is 0 Å². The number of ether oxygens (including phenoxy) is 2. The quantitative estimate of drug-likeness (QED) is 0.438. The van der Waals surface area contributed by atoms with E-state index in [1.165, 1.54) is 11.1 Å². The average molecular weight is 319 g/mol. The van der Waals surface area contributed by atoms with Gasteiger partial charge >= 0.3 is 0 Å². The van der Waals surface area contributed by atoms with E-state index in [0.717, 1.165) is 38.5 Å². The summed E-state index contributed by atoms with van der Waals surface area (Å²) in [6, 6.07) is 8.43. The first kappa shape index (κ1) is 17.8. The van der Waals surface area contributed by atoms with Crippen LogP contribution in [-0.2, 0) is 16.0 Å². The van der Waals surface area contributed by atoms with Crippen molar-refractivity contribution in [3.05, 3.63) is 35.4 Å². The first-order chi connectivity index (χ1) is 11.3. The van der Waals surface area contributed by atoms with Crippen LogP contribution in [0.2, 0.25) is 0 Å². The summed E-state index contributed by atoms with van der Waals surface area (Å²) in [7, 11) is 0. The second-order valence-corrected chi connectivity index (χ2v) is 5.82. The molecule has 2 N–H and O–H groups in total. The third-order valence-corrected chi connectivity index (χ3v) is 3.71. The first-order valence-corrected chi connectivity index (χ1v) is 8.55. The predicted octanol–water partition coefficient (Wildman–Crippen LogP) is 2.25. The van der Waals surface area contributed by atoms with Gasteiger partial charge in [-0.05, 0) is 32.3 Å². The lowest BCUT2D eigenvalue weighted by Crippen LogP contribution is -2.39. The van der Waals surface area contributed by atoms with Crippen molar-refractivity contribution in [2.45, 2.75) is 39.3 Å². The van der Waals surface area contributed by atoms with Crippen molar-refractivity contribution in [2.75, 3.05) is 32.9 Å². The molecular formula is C18H29N3O2. The Bertz CT molecular complexity index is 485. The lowest BCUT2D eigenvalue weighted by molar-refractivity contribution is 0.0191. The summed E-state index contributed by atoms with van der Waals surface area (Å²) < 4.78 is 11.2. The molecule has 1 aliphatic rings. The zero-order chi connectivity index (χ0) is 16.3. The number of nitrogens with zero attached hydrogens (tertiary/aromatic N) is 1. The number of aryl methyl sites for hydroxylation is 1. The first-order valence-electron chi connectivity index (χ1n) is 8.55. The SMILES string of the molecule is CCNC(=NCc1cccc(C)c1)NCCOCC1CCCO1. The summed E-state index contributed by atoms with van der Waals surface area (Å²) in [5.41, 5.74) is 2.48. The van der Waals surface area contributed by atoms with Crippen LogP contribution in [0.15, 0.2) is 29.3 Å². The number of hydrogen-bond acceptors (Lipinski definition) is 3. The lowest BCUT2D eigenvalue weighted by Gasteiger charge is -2.13. The molecule has 0 saturated carbocycles. The molecule has 1 unspecified atom stereocenters. The molecule has 1 aromatic carbocycles. The van der Waals surface area contributed by atoms with Crippen molar-refractivity contribution in [3.8, 4) is 0 Å².